The molecule has 1 unspecified atom stereocenters. The predicted octanol–water partition coefficient (Wildman–Crippen LogP) is 2.11. The van der Waals surface area contributed by atoms with Gasteiger partial charge in [-0.15, -0.1) is 0 Å². The van der Waals surface area contributed by atoms with Crippen LogP contribution in [-0.2, 0) is 0 Å². The van der Waals surface area contributed by atoms with Crippen molar-refractivity contribution in [1.82, 2.24) is 0 Å². The van der Waals surface area contributed by atoms with Gasteiger partial charge in [-0.3, -0.25) is 0 Å². The molecule has 1 atom stereocenters. The fourth-order valence-corrected chi connectivity index (χ4v) is 1.46. The summed E-state index contributed by atoms with van der Waals surface area (Å²) in [5.41, 5.74) is 5.56. The van der Waals surface area contributed by atoms with Crippen molar-refractivity contribution >= 4 is 11.8 Å². The van der Waals surface area contributed by atoms with Gasteiger partial charge in [0.2, 0.25) is 0 Å². The molecule has 0 spiro atoms. The van der Waals surface area contributed by atoms with E-state index in [0.29, 0.717) is 0 Å². The topological polar surface area (TPSA) is 26.0 Å². The van der Waals surface area contributed by atoms with Crippen LogP contribution in [0.2, 0.25) is 0 Å². The van der Waals surface area contributed by atoms with Crippen LogP contribution < -0.4 is 5.73 Å². The summed E-state index contributed by atoms with van der Waals surface area (Å²) in [5, 5.41) is 0. The molecule has 0 saturated carbocycles. The minimum atomic E-state index is 0.771. The van der Waals surface area contributed by atoms with E-state index >= 15 is 0 Å². The molecule has 0 radical (unpaired) electrons. The lowest BCUT2D eigenvalue weighted by molar-refractivity contribution is 0.477. The van der Waals surface area contributed by atoms with Gasteiger partial charge >= 0.3 is 0 Å². The fraction of sp³-hybridized carbons (Fsp3) is 1.00. The Kier molecular flexibility index (Phi) is 7.65. The average Bonchev–Trinajstić information content (AvgIpc) is 1.99. The quantitative estimate of drug-likeness (QED) is 0.604. The molecule has 0 aliphatic carbocycles. The summed E-state index contributed by atoms with van der Waals surface area (Å²) in [5.74, 6) is 2.06. The first-order chi connectivity index (χ1) is 4.85. The van der Waals surface area contributed by atoms with E-state index < -0.39 is 0 Å². The Labute approximate surface area is 68.8 Å². The summed E-state index contributed by atoms with van der Waals surface area (Å²) in [6.07, 6.45) is 6.04. The van der Waals surface area contributed by atoms with Crippen molar-refractivity contribution in [3.8, 4) is 0 Å². The van der Waals surface area contributed by atoms with Gasteiger partial charge in [0.25, 0.3) is 0 Å². The predicted molar refractivity (Wildman–Crippen MR) is 50.5 cm³/mol. The van der Waals surface area contributed by atoms with Crippen molar-refractivity contribution in [3.63, 3.8) is 0 Å². The zero-order valence-electron chi connectivity index (χ0n) is 7.10. The van der Waals surface area contributed by atoms with Crippen LogP contribution in [0.1, 0.15) is 26.2 Å². The van der Waals surface area contributed by atoms with Gasteiger partial charge in [-0.1, -0.05) is 13.3 Å². The fourth-order valence-electron chi connectivity index (χ4n) is 1.00. The Hall–Kier alpha value is 0.310. The van der Waals surface area contributed by atoms with Crippen molar-refractivity contribution in [2.45, 2.75) is 26.2 Å². The smallest absolute Gasteiger partial charge is 0.00490 e. The minimum absolute atomic E-state index is 0.771. The Bertz CT molecular complexity index is 62.3. The lowest BCUT2D eigenvalue weighted by atomic mass is 10.0. The second-order valence-electron chi connectivity index (χ2n) is 2.65. The highest BCUT2D eigenvalue weighted by Gasteiger charge is 2.01. The van der Waals surface area contributed by atoms with Gasteiger partial charge in [0.1, 0.15) is 0 Å². The Morgan fingerprint density at radius 2 is 2.20 bits per heavy atom. The molecule has 2 N–H and O–H groups in total. The van der Waals surface area contributed by atoms with Crippen molar-refractivity contribution < 1.29 is 0 Å². The molecule has 62 valence electrons. The van der Waals surface area contributed by atoms with Crippen molar-refractivity contribution in [1.29, 1.82) is 0 Å². The summed E-state index contributed by atoms with van der Waals surface area (Å²) in [6.45, 7) is 3.08. The molecular formula is C8H19NS. The molecule has 10 heavy (non-hydrogen) atoms. The maximum Gasteiger partial charge on any atom is -0.00490 e. The van der Waals surface area contributed by atoms with Crippen molar-refractivity contribution in [2.75, 3.05) is 18.6 Å². The van der Waals surface area contributed by atoms with Gasteiger partial charge in [0, 0.05) is 0 Å². The van der Waals surface area contributed by atoms with Crippen molar-refractivity contribution in [2.24, 2.45) is 11.7 Å². The molecule has 0 fully saturated rings. The number of hydrogen-bond acceptors (Lipinski definition) is 2. The van der Waals surface area contributed by atoms with Crippen molar-refractivity contribution in [3.05, 3.63) is 0 Å². The normalized spacial score (nSPS) is 13.5. The average molecular weight is 161 g/mol. The first-order valence-electron chi connectivity index (χ1n) is 4.04. The molecule has 0 aliphatic heterocycles. The second-order valence-corrected chi connectivity index (χ2v) is 3.63. The van der Waals surface area contributed by atoms with E-state index in [1.165, 1.54) is 25.0 Å². The van der Waals surface area contributed by atoms with Gasteiger partial charge in [-0.25, -0.2) is 0 Å². The van der Waals surface area contributed by atoms with Crippen LogP contribution in [0.4, 0.5) is 0 Å². The Balaban J connectivity index is 3.09. The highest BCUT2D eigenvalue weighted by molar-refractivity contribution is 7.98. The first-order valence-corrected chi connectivity index (χ1v) is 5.43. The Morgan fingerprint density at radius 3 is 2.60 bits per heavy atom. The van der Waals surface area contributed by atoms with Gasteiger partial charge in [0.15, 0.2) is 0 Å². The maximum absolute atomic E-state index is 5.56. The molecule has 0 aliphatic rings. The number of thioether (sulfide) groups is 1. The molecule has 2 heteroatoms. The highest BCUT2D eigenvalue weighted by atomic mass is 32.2. The molecule has 0 saturated heterocycles. The van der Waals surface area contributed by atoms with Crippen LogP contribution in [0.3, 0.4) is 0 Å². The maximum atomic E-state index is 5.56. The van der Waals surface area contributed by atoms with Gasteiger partial charge < -0.3 is 5.73 Å². The van der Waals surface area contributed by atoms with E-state index in [2.05, 4.69) is 13.2 Å². The number of nitrogens with two attached hydrogens (primary N) is 1. The summed E-state index contributed by atoms with van der Waals surface area (Å²) in [4.78, 5) is 0. The van der Waals surface area contributed by atoms with Crippen LogP contribution in [0, 0.1) is 5.92 Å². The summed E-state index contributed by atoms with van der Waals surface area (Å²) >= 11 is 1.92. The molecule has 0 amide bonds. The van der Waals surface area contributed by atoms with E-state index in [-0.39, 0.29) is 0 Å². The standard InChI is InChI=1S/C8H19NS/c1-3-8(7-9)5-4-6-10-2/h8H,3-7,9H2,1-2H3. The summed E-state index contributed by atoms with van der Waals surface area (Å²) in [7, 11) is 0. The third kappa shape index (κ3) is 5.12. The third-order valence-corrected chi connectivity index (χ3v) is 2.57. The highest BCUT2D eigenvalue weighted by Crippen LogP contribution is 2.10. The molecule has 0 aromatic heterocycles. The number of rotatable bonds is 6. The number of hydrogen-bond donors (Lipinski definition) is 1. The first kappa shape index (κ1) is 10.3. The van der Waals surface area contributed by atoms with Crippen LogP contribution in [0.25, 0.3) is 0 Å². The van der Waals surface area contributed by atoms with E-state index in [0.717, 1.165) is 12.5 Å². The molecule has 0 aromatic carbocycles. The van der Waals surface area contributed by atoms with Crippen LogP contribution >= 0.6 is 11.8 Å². The summed E-state index contributed by atoms with van der Waals surface area (Å²) < 4.78 is 0. The molecular weight excluding hydrogens is 142 g/mol. The zero-order valence-corrected chi connectivity index (χ0v) is 7.91. The summed E-state index contributed by atoms with van der Waals surface area (Å²) in [6, 6.07) is 0. The van der Waals surface area contributed by atoms with E-state index in [1.807, 2.05) is 11.8 Å². The van der Waals surface area contributed by atoms with E-state index in [4.69, 9.17) is 5.73 Å². The molecule has 0 bridgehead atoms. The lowest BCUT2D eigenvalue weighted by Gasteiger charge is -2.10. The third-order valence-electron chi connectivity index (χ3n) is 1.87. The minimum Gasteiger partial charge on any atom is -0.330 e. The monoisotopic (exact) mass is 161 g/mol. The van der Waals surface area contributed by atoms with E-state index in [9.17, 15) is 0 Å². The molecule has 0 aromatic rings. The van der Waals surface area contributed by atoms with Gasteiger partial charge in [-0.2, -0.15) is 11.8 Å². The van der Waals surface area contributed by atoms with Gasteiger partial charge in [-0.05, 0) is 37.3 Å². The van der Waals surface area contributed by atoms with Crippen LogP contribution in [0.15, 0.2) is 0 Å². The SMILES string of the molecule is CCC(CN)CCCSC. The molecule has 0 rings (SSSR count). The lowest BCUT2D eigenvalue weighted by Crippen LogP contribution is -2.13. The van der Waals surface area contributed by atoms with E-state index in [1.54, 1.807) is 0 Å². The second kappa shape index (κ2) is 7.42. The Morgan fingerprint density at radius 1 is 1.50 bits per heavy atom. The molecule has 0 heterocycles. The van der Waals surface area contributed by atoms with Crippen LogP contribution in [0.5, 0.6) is 0 Å². The largest absolute Gasteiger partial charge is 0.330 e. The van der Waals surface area contributed by atoms with Crippen LogP contribution in [-0.4, -0.2) is 18.6 Å². The van der Waals surface area contributed by atoms with Gasteiger partial charge in [0.05, 0.1) is 0 Å². The molecule has 1 nitrogen and oxygen atoms in total. The zero-order chi connectivity index (χ0) is 7.82.